The number of carbonyl (C=O) groups is 2. The van der Waals surface area contributed by atoms with Gasteiger partial charge in [-0.15, -0.1) is 0 Å². The van der Waals surface area contributed by atoms with Gasteiger partial charge in [0.25, 0.3) is 0 Å². The minimum Gasteiger partial charge on any atom is -0.480 e. The van der Waals surface area contributed by atoms with E-state index in [4.69, 9.17) is 33.0 Å². The molecule has 8 heteroatoms. The zero-order valence-corrected chi connectivity index (χ0v) is 11.8. The molecule has 1 fully saturated rings. The highest BCUT2D eigenvalue weighted by molar-refractivity contribution is 6.35. The summed E-state index contributed by atoms with van der Waals surface area (Å²) in [5, 5.41) is 12.4. The molecule has 1 aliphatic heterocycles. The molecule has 1 atom stereocenters. The van der Waals surface area contributed by atoms with E-state index in [1.54, 1.807) is 12.1 Å². The van der Waals surface area contributed by atoms with Crippen molar-refractivity contribution in [2.75, 3.05) is 25.1 Å². The number of anilines is 1. The molecule has 0 saturated carbocycles. The summed E-state index contributed by atoms with van der Waals surface area (Å²) in [7, 11) is 0. The Bertz CT molecular complexity index is 538. The number of rotatable bonds is 2. The minimum atomic E-state index is -1.11. The van der Waals surface area contributed by atoms with E-state index in [0.717, 1.165) is 0 Å². The van der Waals surface area contributed by atoms with Gasteiger partial charge in [-0.2, -0.15) is 0 Å². The van der Waals surface area contributed by atoms with Crippen LogP contribution in [0.5, 0.6) is 0 Å². The molecule has 1 aromatic carbocycles. The van der Waals surface area contributed by atoms with E-state index in [1.807, 2.05) is 0 Å². The maximum Gasteiger partial charge on any atom is 0.328 e. The number of morpholine rings is 1. The van der Waals surface area contributed by atoms with E-state index in [2.05, 4.69) is 5.32 Å². The van der Waals surface area contributed by atoms with Crippen LogP contribution < -0.4 is 5.32 Å². The van der Waals surface area contributed by atoms with Crippen LogP contribution in [0.15, 0.2) is 18.2 Å². The van der Waals surface area contributed by atoms with Crippen LogP contribution in [0.1, 0.15) is 0 Å². The molecule has 1 heterocycles. The molecule has 0 bridgehead atoms. The average molecular weight is 319 g/mol. The summed E-state index contributed by atoms with van der Waals surface area (Å²) < 4.78 is 5.07. The van der Waals surface area contributed by atoms with Gasteiger partial charge in [0.15, 0.2) is 6.04 Å². The standard InChI is InChI=1S/C12H12Cl2N2O4/c13-7-1-2-8(14)9(5-7)15-12(19)16-3-4-20-6-10(16)11(17)18/h1-2,5,10H,3-4,6H2,(H,15,19)(H,17,18). The number of carbonyl (C=O) groups excluding carboxylic acids is 1. The quantitative estimate of drug-likeness (QED) is 0.877. The lowest BCUT2D eigenvalue weighted by atomic mass is 10.2. The van der Waals surface area contributed by atoms with E-state index < -0.39 is 18.0 Å². The van der Waals surface area contributed by atoms with Gasteiger partial charge < -0.3 is 20.1 Å². The van der Waals surface area contributed by atoms with Gasteiger partial charge in [0.05, 0.1) is 23.9 Å². The first-order valence-electron chi connectivity index (χ1n) is 5.82. The van der Waals surface area contributed by atoms with Crippen LogP contribution in [0.25, 0.3) is 0 Å². The van der Waals surface area contributed by atoms with Crippen molar-refractivity contribution in [2.45, 2.75) is 6.04 Å². The fourth-order valence-corrected chi connectivity index (χ4v) is 2.17. The molecule has 108 valence electrons. The number of carboxylic acids is 1. The predicted molar refractivity (Wildman–Crippen MR) is 74.4 cm³/mol. The highest BCUT2D eigenvalue weighted by atomic mass is 35.5. The fraction of sp³-hybridized carbons (Fsp3) is 0.333. The summed E-state index contributed by atoms with van der Waals surface area (Å²) in [6.45, 7) is 0.452. The smallest absolute Gasteiger partial charge is 0.328 e. The van der Waals surface area contributed by atoms with Crippen LogP contribution in [-0.4, -0.2) is 47.8 Å². The molecule has 1 aromatic rings. The first kappa shape index (κ1) is 14.9. The number of ether oxygens (including phenoxy) is 1. The largest absolute Gasteiger partial charge is 0.480 e. The number of amides is 2. The fourth-order valence-electron chi connectivity index (χ4n) is 1.83. The normalized spacial score (nSPS) is 18.7. The summed E-state index contributed by atoms with van der Waals surface area (Å²) in [5.74, 6) is -1.11. The number of carboxylic acid groups (broad SMARTS) is 1. The average Bonchev–Trinajstić information content (AvgIpc) is 2.42. The van der Waals surface area contributed by atoms with Gasteiger partial charge in [0.1, 0.15) is 0 Å². The molecule has 1 saturated heterocycles. The van der Waals surface area contributed by atoms with Gasteiger partial charge in [-0.25, -0.2) is 9.59 Å². The highest BCUT2D eigenvalue weighted by Crippen LogP contribution is 2.26. The third-order valence-corrected chi connectivity index (χ3v) is 3.41. The maximum atomic E-state index is 12.1. The second-order valence-electron chi connectivity index (χ2n) is 4.18. The van der Waals surface area contributed by atoms with E-state index in [-0.39, 0.29) is 13.2 Å². The molecule has 6 nitrogen and oxygen atoms in total. The van der Waals surface area contributed by atoms with Crippen LogP contribution in [0.2, 0.25) is 10.0 Å². The second kappa shape index (κ2) is 6.30. The Balaban J connectivity index is 2.14. The number of nitrogens with zero attached hydrogens (tertiary/aromatic N) is 1. The first-order valence-corrected chi connectivity index (χ1v) is 6.58. The maximum absolute atomic E-state index is 12.1. The topological polar surface area (TPSA) is 78.9 Å². The van der Waals surface area contributed by atoms with Crippen LogP contribution in [0.3, 0.4) is 0 Å². The van der Waals surface area contributed by atoms with Gasteiger partial charge in [0, 0.05) is 11.6 Å². The molecule has 0 aliphatic carbocycles. The second-order valence-corrected chi connectivity index (χ2v) is 5.02. The molecule has 0 aromatic heterocycles. The number of hydrogen-bond acceptors (Lipinski definition) is 3. The van der Waals surface area contributed by atoms with E-state index >= 15 is 0 Å². The van der Waals surface area contributed by atoms with Gasteiger partial charge >= 0.3 is 12.0 Å². The zero-order chi connectivity index (χ0) is 14.7. The monoisotopic (exact) mass is 318 g/mol. The zero-order valence-electron chi connectivity index (χ0n) is 10.3. The highest BCUT2D eigenvalue weighted by Gasteiger charge is 2.32. The van der Waals surface area contributed by atoms with Gasteiger partial charge in [-0.3, -0.25) is 0 Å². The Morgan fingerprint density at radius 2 is 2.15 bits per heavy atom. The van der Waals surface area contributed by atoms with Crippen molar-refractivity contribution in [3.63, 3.8) is 0 Å². The number of hydrogen-bond donors (Lipinski definition) is 2. The Labute approximate surface area is 125 Å². The molecule has 20 heavy (non-hydrogen) atoms. The molecule has 2 N–H and O–H groups in total. The summed E-state index contributed by atoms with van der Waals surface area (Å²) in [4.78, 5) is 24.4. The van der Waals surface area contributed by atoms with Crippen molar-refractivity contribution >= 4 is 40.9 Å². The Morgan fingerprint density at radius 3 is 2.85 bits per heavy atom. The Kier molecular flexibility index (Phi) is 4.69. The van der Waals surface area contributed by atoms with Gasteiger partial charge in [-0.1, -0.05) is 23.2 Å². The predicted octanol–water partition coefficient (Wildman–Crippen LogP) is 2.31. The number of aliphatic carboxylic acids is 1. The summed E-state index contributed by atoms with van der Waals surface area (Å²) in [5.41, 5.74) is 0.333. The van der Waals surface area contributed by atoms with Crippen LogP contribution in [0.4, 0.5) is 10.5 Å². The van der Waals surface area contributed by atoms with Crippen molar-refractivity contribution in [3.05, 3.63) is 28.2 Å². The van der Waals surface area contributed by atoms with Crippen molar-refractivity contribution in [1.82, 2.24) is 4.90 Å². The lowest BCUT2D eigenvalue weighted by Gasteiger charge is -2.32. The SMILES string of the molecule is O=C(O)C1COCCN1C(=O)Nc1cc(Cl)ccc1Cl. The van der Waals surface area contributed by atoms with Crippen molar-refractivity contribution in [3.8, 4) is 0 Å². The lowest BCUT2D eigenvalue weighted by molar-refractivity contribution is -0.147. The Morgan fingerprint density at radius 1 is 1.40 bits per heavy atom. The number of halogens is 2. The molecule has 2 rings (SSSR count). The van der Waals surface area contributed by atoms with Gasteiger partial charge in [-0.05, 0) is 18.2 Å². The molecule has 1 aliphatic rings. The number of benzene rings is 1. The van der Waals surface area contributed by atoms with Crippen LogP contribution >= 0.6 is 23.2 Å². The molecule has 0 spiro atoms. The van der Waals surface area contributed by atoms with E-state index in [0.29, 0.717) is 22.3 Å². The molecule has 0 radical (unpaired) electrons. The summed E-state index contributed by atoms with van der Waals surface area (Å²) in [6.07, 6.45) is 0. The molecule has 1 unspecified atom stereocenters. The number of nitrogens with one attached hydrogen (secondary N) is 1. The molecular weight excluding hydrogens is 307 g/mol. The van der Waals surface area contributed by atoms with E-state index in [1.165, 1.54) is 11.0 Å². The summed E-state index contributed by atoms with van der Waals surface area (Å²) >= 11 is 11.8. The lowest BCUT2D eigenvalue weighted by Crippen LogP contribution is -2.53. The first-order chi connectivity index (χ1) is 9.49. The van der Waals surface area contributed by atoms with E-state index in [9.17, 15) is 9.59 Å². The van der Waals surface area contributed by atoms with Crippen molar-refractivity contribution in [2.24, 2.45) is 0 Å². The van der Waals surface area contributed by atoms with Crippen LogP contribution in [0, 0.1) is 0 Å². The van der Waals surface area contributed by atoms with Crippen LogP contribution in [-0.2, 0) is 9.53 Å². The van der Waals surface area contributed by atoms with Crippen molar-refractivity contribution in [1.29, 1.82) is 0 Å². The third kappa shape index (κ3) is 3.33. The third-order valence-electron chi connectivity index (χ3n) is 2.84. The number of urea groups is 1. The summed E-state index contributed by atoms with van der Waals surface area (Å²) in [6, 6.07) is 3.08. The molecular formula is C12H12Cl2N2O4. The van der Waals surface area contributed by atoms with Crippen molar-refractivity contribution < 1.29 is 19.4 Å². The van der Waals surface area contributed by atoms with Gasteiger partial charge in [0.2, 0.25) is 0 Å². The molecule has 2 amide bonds. The minimum absolute atomic E-state index is 0.0357. The Hall–Kier alpha value is -1.50.